The predicted octanol–water partition coefficient (Wildman–Crippen LogP) is 0.735. The van der Waals surface area contributed by atoms with Crippen LogP contribution in [0.25, 0.3) is 0 Å². The summed E-state index contributed by atoms with van der Waals surface area (Å²) in [4.78, 5) is 12.9. The van der Waals surface area contributed by atoms with Gasteiger partial charge in [-0.2, -0.15) is 0 Å². The highest BCUT2D eigenvalue weighted by Gasteiger charge is 2.44. The smallest absolute Gasteiger partial charge is 0.231 e. The Kier molecular flexibility index (Phi) is 4.47. The van der Waals surface area contributed by atoms with Crippen molar-refractivity contribution in [3.05, 3.63) is 35.9 Å². The average molecular weight is 305 g/mol. The van der Waals surface area contributed by atoms with Crippen LogP contribution in [0.2, 0.25) is 0 Å². The minimum atomic E-state index is -0.980. The van der Waals surface area contributed by atoms with Gasteiger partial charge in [0, 0.05) is 0 Å². The van der Waals surface area contributed by atoms with Gasteiger partial charge in [-0.05, 0) is 18.4 Å². The first-order valence-electron chi connectivity index (χ1n) is 7.94. The number of benzene rings is 1. The third-order valence-corrected chi connectivity index (χ3v) is 4.93. The minimum absolute atomic E-state index is 0.0713. The van der Waals surface area contributed by atoms with E-state index in [-0.39, 0.29) is 19.1 Å². The summed E-state index contributed by atoms with van der Waals surface area (Å²) in [6.07, 6.45) is 1.75. The van der Waals surface area contributed by atoms with Gasteiger partial charge in [0.15, 0.2) is 0 Å². The number of carbonyl (C=O) groups is 1. The third-order valence-electron chi connectivity index (χ3n) is 4.93. The molecule has 120 valence electrons. The zero-order valence-corrected chi connectivity index (χ0v) is 12.6. The lowest BCUT2D eigenvalue weighted by atomic mass is 9.77. The highest BCUT2D eigenvalue weighted by molar-refractivity contribution is 5.88. The molecule has 0 radical (unpaired) electrons. The van der Waals surface area contributed by atoms with Crippen LogP contribution in [0.5, 0.6) is 0 Å². The van der Waals surface area contributed by atoms with E-state index in [1.165, 1.54) is 0 Å². The van der Waals surface area contributed by atoms with Crippen molar-refractivity contribution in [3.8, 4) is 0 Å². The molecule has 0 unspecified atom stereocenters. The molecule has 1 aliphatic heterocycles. The first-order chi connectivity index (χ1) is 10.6. The van der Waals surface area contributed by atoms with E-state index in [2.05, 4.69) is 5.32 Å². The lowest BCUT2D eigenvalue weighted by Crippen LogP contribution is -2.58. The van der Waals surface area contributed by atoms with Gasteiger partial charge in [0.2, 0.25) is 5.91 Å². The summed E-state index contributed by atoms with van der Waals surface area (Å²) in [7, 11) is 0. The average Bonchev–Trinajstić information content (AvgIpc) is 3.04. The molecule has 5 nitrogen and oxygen atoms in total. The van der Waals surface area contributed by atoms with E-state index >= 15 is 0 Å². The molecule has 2 aliphatic rings. The Labute approximate surface area is 130 Å². The minimum Gasteiger partial charge on any atom is -0.388 e. The SMILES string of the molecule is O=C(N[C@@H]1COC[C@@H](O)[C@H]1O)C1(c2ccccc2)CCCC1. The van der Waals surface area contributed by atoms with Crippen LogP contribution in [0.1, 0.15) is 31.2 Å². The monoisotopic (exact) mass is 305 g/mol. The Morgan fingerprint density at radius 2 is 1.82 bits per heavy atom. The van der Waals surface area contributed by atoms with E-state index in [1.807, 2.05) is 30.3 Å². The predicted molar refractivity (Wildman–Crippen MR) is 81.4 cm³/mol. The van der Waals surface area contributed by atoms with Crippen molar-refractivity contribution >= 4 is 5.91 Å². The summed E-state index contributed by atoms with van der Waals surface area (Å²) in [6, 6.07) is 9.27. The van der Waals surface area contributed by atoms with Gasteiger partial charge in [-0.1, -0.05) is 43.2 Å². The van der Waals surface area contributed by atoms with E-state index in [1.54, 1.807) is 0 Å². The molecule has 1 amide bonds. The van der Waals surface area contributed by atoms with Gasteiger partial charge >= 0.3 is 0 Å². The third kappa shape index (κ3) is 2.76. The summed E-state index contributed by atoms with van der Waals surface area (Å²) in [6.45, 7) is 0.339. The van der Waals surface area contributed by atoms with Crippen LogP contribution in [0.4, 0.5) is 0 Å². The second-order valence-corrected chi connectivity index (χ2v) is 6.33. The van der Waals surface area contributed by atoms with E-state index in [0.717, 1.165) is 31.2 Å². The standard InChI is InChI=1S/C17H23NO4/c19-14-11-22-10-13(15(14)20)18-16(21)17(8-4-5-9-17)12-6-2-1-3-7-12/h1-3,6-7,13-15,19-20H,4-5,8-11H2,(H,18,21)/t13-,14-,15+/m1/s1. The molecule has 5 heteroatoms. The van der Waals surface area contributed by atoms with Crippen molar-refractivity contribution in [1.29, 1.82) is 0 Å². The molecule has 1 aromatic rings. The topological polar surface area (TPSA) is 78.8 Å². The maximum absolute atomic E-state index is 12.9. The van der Waals surface area contributed by atoms with Gasteiger partial charge in [0.1, 0.15) is 12.2 Å². The first kappa shape index (κ1) is 15.5. The van der Waals surface area contributed by atoms with Crippen LogP contribution in [0.15, 0.2) is 30.3 Å². The summed E-state index contributed by atoms with van der Waals surface area (Å²) >= 11 is 0. The van der Waals surface area contributed by atoms with Gasteiger partial charge in [-0.25, -0.2) is 0 Å². The van der Waals surface area contributed by atoms with Gasteiger partial charge in [0.05, 0.1) is 24.7 Å². The van der Waals surface area contributed by atoms with E-state index in [4.69, 9.17) is 4.74 Å². The van der Waals surface area contributed by atoms with Gasteiger partial charge in [-0.15, -0.1) is 0 Å². The molecule has 1 saturated heterocycles. The van der Waals surface area contributed by atoms with Gasteiger partial charge < -0.3 is 20.3 Å². The second-order valence-electron chi connectivity index (χ2n) is 6.33. The number of aliphatic hydroxyl groups excluding tert-OH is 2. The number of nitrogens with one attached hydrogen (secondary N) is 1. The molecule has 0 aromatic heterocycles. The Morgan fingerprint density at radius 3 is 2.50 bits per heavy atom. The largest absolute Gasteiger partial charge is 0.388 e. The Balaban J connectivity index is 1.79. The fraction of sp³-hybridized carbons (Fsp3) is 0.588. The second kappa shape index (κ2) is 6.36. The molecule has 3 atom stereocenters. The van der Waals surface area contributed by atoms with Crippen LogP contribution in [0.3, 0.4) is 0 Å². The number of hydrogen-bond donors (Lipinski definition) is 3. The molecule has 1 heterocycles. The highest BCUT2D eigenvalue weighted by Crippen LogP contribution is 2.41. The normalized spacial score (nSPS) is 30.9. The van der Waals surface area contributed by atoms with Crippen LogP contribution in [0, 0.1) is 0 Å². The molecular weight excluding hydrogens is 282 g/mol. The number of amides is 1. The molecule has 0 bridgehead atoms. The van der Waals surface area contributed by atoms with Crippen molar-refractivity contribution in [2.45, 2.75) is 49.3 Å². The molecule has 1 saturated carbocycles. The molecule has 1 aromatic carbocycles. The fourth-order valence-corrected chi connectivity index (χ4v) is 3.60. The van der Waals surface area contributed by atoms with E-state index < -0.39 is 23.7 Å². The van der Waals surface area contributed by atoms with Crippen LogP contribution < -0.4 is 5.32 Å². The summed E-state index contributed by atoms with van der Waals surface area (Å²) in [5.74, 6) is -0.0713. The first-order valence-corrected chi connectivity index (χ1v) is 7.94. The van der Waals surface area contributed by atoms with Crippen molar-refractivity contribution in [2.24, 2.45) is 0 Å². The molecule has 2 fully saturated rings. The zero-order valence-electron chi connectivity index (χ0n) is 12.6. The number of rotatable bonds is 3. The summed E-state index contributed by atoms with van der Waals surface area (Å²) < 4.78 is 5.24. The number of carbonyl (C=O) groups excluding carboxylic acids is 1. The van der Waals surface area contributed by atoms with Crippen molar-refractivity contribution in [2.75, 3.05) is 13.2 Å². The Bertz CT molecular complexity index is 513. The van der Waals surface area contributed by atoms with Gasteiger partial charge in [-0.3, -0.25) is 4.79 Å². The quantitative estimate of drug-likeness (QED) is 0.769. The molecule has 0 spiro atoms. The lowest BCUT2D eigenvalue weighted by Gasteiger charge is -2.36. The lowest BCUT2D eigenvalue weighted by molar-refractivity contribution is -0.136. The number of aliphatic hydroxyl groups is 2. The summed E-state index contributed by atoms with van der Waals surface area (Å²) in [5, 5.41) is 22.6. The van der Waals surface area contributed by atoms with Crippen LogP contribution >= 0.6 is 0 Å². The molecular formula is C17H23NO4. The molecule has 3 N–H and O–H groups in total. The molecule has 3 rings (SSSR count). The van der Waals surface area contributed by atoms with Crippen molar-refractivity contribution in [3.63, 3.8) is 0 Å². The maximum atomic E-state index is 12.9. The number of ether oxygens (including phenoxy) is 1. The highest BCUT2D eigenvalue weighted by atomic mass is 16.5. The Hall–Kier alpha value is -1.43. The van der Waals surface area contributed by atoms with E-state index in [0.29, 0.717) is 0 Å². The van der Waals surface area contributed by atoms with Crippen molar-refractivity contribution < 1.29 is 19.7 Å². The molecule has 1 aliphatic carbocycles. The fourth-order valence-electron chi connectivity index (χ4n) is 3.60. The van der Waals surface area contributed by atoms with Gasteiger partial charge in [0.25, 0.3) is 0 Å². The zero-order chi connectivity index (χ0) is 15.6. The Morgan fingerprint density at radius 1 is 1.14 bits per heavy atom. The van der Waals surface area contributed by atoms with Crippen LogP contribution in [-0.4, -0.2) is 47.6 Å². The maximum Gasteiger partial charge on any atom is 0.231 e. The van der Waals surface area contributed by atoms with E-state index in [9.17, 15) is 15.0 Å². The van der Waals surface area contributed by atoms with Crippen molar-refractivity contribution in [1.82, 2.24) is 5.32 Å². The molecule has 22 heavy (non-hydrogen) atoms. The number of hydrogen-bond acceptors (Lipinski definition) is 4. The van der Waals surface area contributed by atoms with Crippen LogP contribution in [-0.2, 0) is 14.9 Å². The summed E-state index contributed by atoms with van der Waals surface area (Å²) in [5.41, 5.74) is 0.500.